The van der Waals surface area contributed by atoms with Crippen molar-refractivity contribution in [1.29, 1.82) is 0 Å². The van der Waals surface area contributed by atoms with Crippen molar-refractivity contribution in [3.63, 3.8) is 0 Å². The molecule has 30 heavy (non-hydrogen) atoms. The van der Waals surface area contributed by atoms with Gasteiger partial charge in [0, 0.05) is 38.8 Å². The van der Waals surface area contributed by atoms with E-state index in [0.29, 0.717) is 29.1 Å². The topological polar surface area (TPSA) is 54.3 Å². The van der Waals surface area contributed by atoms with E-state index in [4.69, 9.17) is 11.6 Å². The first-order valence-corrected chi connectivity index (χ1v) is 11.5. The lowest BCUT2D eigenvalue weighted by Gasteiger charge is -2.38. The molecule has 0 saturated carbocycles. The van der Waals surface area contributed by atoms with Gasteiger partial charge in [-0.3, -0.25) is 14.3 Å². The molecule has 3 heterocycles. The van der Waals surface area contributed by atoms with Gasteiger partial charge in [0.2, 0.25) is 0 Å². The number of anilines is 1. The zero-order chi connectivity index (χ0) is 22.1. The highest BCUT2D eigenvalue weighted by Gasteiger charge is 2.23. The van der Waals surface area contributed by atoms with E-state index in [0.717, 1.165) is 50.8 Å². The van der Waals surface area contributed by atoms with E-state index >= 15 is 0 Å². The molecule has 0 atom stereocenters. The molecule has 0 aliphatic carbocycles. The van der Waals surface area contributed by atoms with Crippen molar-refractivity contribution < 1.29 is 0 Å². The van der Waals surface area contributed by atoms with Crippen LogP contribution in [-0.2, 0) is 6.54 Å². The van der Waals surface area contributed by atoms with Crippen molar-refractivity contribution in [2.75, 3.05) is 31.1 Å². The van der Waals surface area contributed by atoms with E-state index in [9.17, 15) is 4.79 Å². The van der Waals surface area contributed by atoms with Gasteiger partial charge in [-0.05, 0) is 39.2 Å². The van der Waals surface area contributed by atoms with Crippen molar-refractivity contribution in [3.05, 3.63) is 40.6 Å². The summed E-state index contributed by atoms with van der Waals surface area (Å²) >= 11 is 6.33. The molecule has 166 valence electrons. The first-order chi connectivity index (χ1) is 14.4. The van der Waals surface area contributed by atoms with Crippen LogP contribution in [0.1, 0.15) is 53.4 Å². The number of hydrogen-bond donors (Lipinski definition) is 0. The Kier molecular flexibility index (Phi) is 9.79. The number of nitrogens with zero attached hydrogens (tertiary/aromatic N) is 5. The van der Waals surface area contributed by atoms with Crippen LogP contribution in [0.2, 0.25) is 5.15 Å². The minimum absolute atomic E-state index is 0.00821. The average molecular weight is 434 g/mol. The number of piperazine rings is 1. The van der Waals surface area contributed by atoms with E-state index in [1.165, 1.54) is 12.7 Å². The Morgan fingerprint density at radius 2 is 1.83 bits per heavy atom. The van der Waals surface area contributed by atoms with E-state index in [1.54, 1.807) is 4.57 Å². The molecule has 7 heteroatoms. The number of rotatable bonds is 7. The van der Waals surface area contributed by atoms with Gasteiger partial charge in [0.1, 0.15) is 22.8 Å². The van der Waals surface area contributed by atoms with Gasteiger partial charge in [0.05, 0.1) is 5.39 Å². The second-order valence-electron chi connectivity index (χ2n) is 8.00. The molecule has 2 aromatic heterocycles. The van der Waals surface area contributed by atoms with Crippen molar-refractivity contribution in [1.82, 2.24) is 19.4 Å². The van der Waals surface area contributed by atoms with Crippen molar-refractivity contribution in [2.24, 2.45) is 0 Å². The van der Waals surface area contributed by atoms with Crippen LogP contribution in [0.3, 0.4) is 0 Å². The summed E-state index contributed by atoms with van der Waals surface area (Å²) in [7, 11) is 0. The Bertz CT molecular complexity index is 872. The molecule has 0 spiro atoms. The molecular formula is C23H36ClN5O. The van der Waals surface area contributed by atoms with Crippen LogP contribution in [0.15, 0.2) is 29.8 Å². The fraction of sp³-hybridized carbons (Fsp3) is 0.609. The summed E-state index contributed by atoms with van der Waals surface area (Å²) in [4.78, 5) is 26.3. The lowest BCUT2D eigenvalue weighted by atomic mass is 10.2. The summed E-state index contributed by atoms with van der Waals surface area (Å²) in [6.07, 6.45) is 7.41. The monoisotopic (exact) mass is 433 g/mol. The number of pyridine rings is 1. The maximum atomic E-state index is 13.3. The predicted octanol–water partition coefficient (Wildman–Crippen LogP) is 4.75. The predicted molar refractivity (Wildman–Crippen MR) is 128 cm³/mol. The number of halogens is 1. The number of unbranched alkanes of at least 4 members (excludes halogenated alkanes) is 2. The molecule has 6 nitrogen and oxygen atoms in total. The highest BCUT2D eigenvalue weighted by molar-refractivity contribution is 6.33. The lowest BCUT2D eigenvalue weighted by Crippen LogP contribution is -2.50. The van der Waals surface area contributed by atoms with Crippen molar-refractivity contribution in [3.8, 4) is 0 Å². The highest BCUT2D eigenvalue weighted by atomic mass is 35.5. The van der Waals surface area contributed by atoms with Crippen LogP contribution >= 0.6 is 11.6 Å². The summed E-state index contributed by atoms with van der Waals surface area (Å²) in [5.41, 5.74) is 1.32. The molecule has 0 N–H and O–H groups in total. The smallest absolute Gasteiger partial charge is 0.275 e. The summed E-state index contributed by atoms with van der Waals surface area (Å²) < 4.78 is 1.76. The molecular weight excluding hydrogens is 398 g/mol. The summed E-state index contributed by atoms with van der Waals surface area (Å²) in [6, 6.07) is 2.39. The molecule has 0 radical (unpaired) electrons. The van der Waals surface area contributed by atoms with Crippen LogP contribution in [-0.4, -0.2) is 51.7 Å². The Morgan fingerprint density at radius 3 is 2.43 bits per heavy atom. The van der Waals surface area contributed by atoms with Crippen LogP contribution in [0.4, 0.5) is 5.69 Å². The molecule has 0 aromatic carbocycles. The summed E-state index contributed by atoms with van der Waals surface area (Å²) in [6.45, 7) is 16.6. The van der Waals surface area contributed by atoms with Gasteiger partial charge in [-0.1, -0.05) is 37.9 Å². The normalized spacial score (nSPS) is 14.7. The van der Waals surface area contributed by atoms with Gasteiger partial charge in [0.15, 0.2) is 0 Å². The standard InChI is InChI=1S/C20H28ClN5O.C3H8/c1-4-5-6-7-8-26-19-16(18(21)22-14-23-19)13-17(20(26)27)25-11-9-24(10-12-25)15(2)3;1-3-2/h4,13-15H,1,5-12H2,2-3H3;3H2,1-2H3. The quantitative estimate of drug-likeness (QED) is 0.358. The fourth-order valence-corrected chi connectivity index (χ4v) is 3.79. The van der Waals surface area contributed by atoms with E-state index < -0.39 is 0 Å². The van der Waals surface area contributed by atoms with E-state index in [2.05, 4.69) is 54.0 Å². The van der Waals surface area contributed by atoms with Gasteiger partial charge in [-0.2, -0.15) is 0 Å². The number of fused-ring (bicyclic) bond motifs is 1. The molecule has 1 saturated heterocycles. The van der Waals surface area contributed by atoms with Gasteiger partial charge >= 0.3 is 0 Å². The lowest BCUT2D eigenvalue weighted by molar-refractivity contribution is 0.209. The van der Waals surface area contributed by atoms with E-state index in [1.807, 2.05) is 12.1 Å². The number of allylic oxidation sites excluding steroid dienone is 1. The second-order valence-corrected chi connectivity index (χ2v) is 8.35. The zero-order valence-corrected chi connectivity index (χ0v) is 19.7. The number of aromatic nitrogens is 3. The maximum absolute atomic E-state index is 13.3. The van der Waals surface area contributed by atoms with Crippen LogP contribution < -0.4 is 10.5 Å². The molecule has 1 aliphatic rings. The molecule has 0 unspecified atom stereocenters. The maximum Gasteiger partial charge on any atom is 0.275 e. The highest BCUT2D eigenvalue weighted by Crippen LogP contribution is 2.24. The molecule has 0 amide bonds. The average Bonchev–Trinajstić information content (AvgIpc) is 2.73. The van der Waals surface area contributed by atoms with Crippen molar-refractivity contribution >= 4 is 28.3 Å². The third-order valence-electron chi connectivity index (χ3n) is 5.24. The molecule has 1 aliphatic heterocycles. The number of hydrogen-bond acceptors (Lipinski definition) is 5. The molecule has 1 fully saturated rings. The van der Waals surface area contributed by atoms with Gasteiger partial charge in [0.25, 0.3) is 5.56 Å². The van der Waals surface area contributed by atoms with Crippen molar-refractivity contribution in [2.45, 2.75) is 66.0 Å². The number of aryl methyl sites for hydroxylation is 1. The van der Waals surface area contributed by atoms with Gasteiger partial charge in [-0.15, -0.1) is 6.58 Å². The minimum Gasteiger partial charge on any atom is -0.364 e. The first kappa shape index (κ1) is 24.4. The van der Waals surface area contributed by atoms with Crippen LogP contribution in [0.5, 0.6) is 0 Å². The van der Waals surface area contributed by atoms with Crippen LogP contribution in [0.25, 0.3) is 11.0 Å². The Balaban J connectivity index is 0.00000101. The van der Waals surface area contributed by atoms with Gasteiger partial charge < -0.3 is 4.90 Å². The molecule has 2 aromatic rings. The van der Waals surface area contributed by atoms with Crippen LogP contribution in [0, 0.1) is 0 Å². The molecule has 0 bridgehead atoms. The Morgan fingerprint density at radius 1 is 1.17 bits per heavy atom. The van der Waals surface area contributed by atoms with E-state index in [-0.39, 0.29) is 5.56 Å². The summed E-state index contributed by atoms with van der Waals surface area (Å²) in [5.74, 6) is 0. The Hall–Kier alpha value is -1.92. The SMILES string of the molecule is C=CCCCCn1c(=O)c(N2CCN(C(C)C)CC2)cc2c(Cl)ncnc21.CCC. The third-order valence-corrected chi connectivity index (χ3v) is 5.54. The van der Waals surface area contributed by atoms with Gasteiger partial charge in [-0.25, -0.2) is 9.97 Å². The largest absolute Gasteiger partial charge is 0.364 e. The first-order valence-electron chi connectivity index (χ1n) is 11.1. The molecule has 3 rings (SSSR count). The fourth-order valence-electron chi connectivity index (χ4n) is 3.61. The third kappa shape index (κ3) is 6.05. The zero-order valence-electron chi connectivity index (χ0n) is 18.9. The summed E-state index contributed by atoms with van der Waals surface area (Å²) in [5, 5.41) is 1.13. The Labute approximate surface area is 185 Å². The second kappa shape index (κ2) is 12.1. The minimum atomic E-state index is 0.00821.